The van der Waals surface area contributed by atoms with Gasteiger partial charge in [0.15, 0.2) is 12.2 Å². The van der Waals surface area contributed by atoms with Crippen LogP contribution in [0.5, 0.6) is 0 Å². The first-order valence-corrected chi connectivity index (χ1v) is 4.31. The van der Waals surface area contributed by atoms with Crippen LogP contribution in [0.2, 0.25) is 0 Å². The third kappa shape index (κ3) is 2.14. The van der Waals surface area contributed by atoms with Gasteiger partial charge in [0, 0.05) is 11.3 Å². The highest BCUT2D eigenvalue weighted by Crippen LogP contribution is 2.21. The summed E-state index contributed by atoms with van der Waals surface area (Å²) in [4.78, 5) is 14.5. The van der Waals surface area contributed by atoms with E-state index in [4.69, 9.17) is 10.2 Å². The van der Waals surface area contributed by atoms with Crippen molar-refractivity contribution in [2.75, 3.05) is 5.32 Å². The summed E-state index contributed by atoms with van der Waals surface area (Å²) in [5.41, 5.74) is 6.46. The van der Waals surface area contributed by atoms with Crippen LogP contribution in [0, 0.1) is 0 Å². The van der Waals surface area contributed by atoms with Gasteiger partial charge >= 0.3 is 6.03 Å². The van der Waals surface area contributed by atoms with E-state index in [1.807, 2.05) is 6.07 Å². The van der Waals surface area contributed by atoms with Crippen LogP contribution in [0.3, 0.4) is 0 Å². The fourth-order valence-corrected chi connectivity index (χ4v) is 1.25. The minimum atomic E-state index is -0.593. The van der Waals surface area contributed by atoms with Gasteiger partial charge in [-0.05, 0) is 12.1 Å². The lowest BCUT2D eigenvalue weighted by Crippen LogP contribution is -2.19. The molecule has 2 amide bonds. The van der Waals surface area contributed by atoms with E-state index >= 15 is 0 Å². The van der Waals surface area contributed by atoms with Crippen molar-refractivity contribution in [1.29, 1.82) is 0 Å². The van der Waals surface area contributed by atoms with Gasteiger partial charge in [-0.1, -0.05) is 12.1 Å². The lowest BCUT2D eigenvalue weighted by molar-refractivity contribution is 0.259. The number of hydrogen-bond acceptors (Lipinski definition) is 3. The van der Waals surface area contributed by atoms with E-state index in [0.29, 0.717) is 11.4 Å². The lowest BCUT2D eigenvalue weighted by Gasteiger charge is -2.02. The zero-order chi connectivity index (χ0) is 10.7. The number of amides is 2. The molecule has 2 aromatic rings. The third-order valence-electron chi connectivity index (χ3n) is 1.85. The van der Waals surface area contributed by atoms with Crippen LogP contribution in [0.1, 0.15) is 0 Å². The van der Waals surface area contributed by atoms with E-state index in [2.05, 4.69) is 10.3 Å². The van der Waals surface area contributed by atoms with Gasteiger partial charge in [0.2, 0.25) is 0 Å². The highest BCUT2D eigenvalue weighted by Gasteiger charge is 2.02. The Morgan fingerprint density at radius 1 is 1.47 bits per heavy atom. The molecule has 0 saturated heterocycles. The van der Waals surface area contributed by atoms with Gasteiger partial charge in [0.1, 0.15) is 0 Å². The van der Waals surface area contributed by atoms with Gasteiger partial charge in [-0.25, -0.2) is 9.78 Å². The molecule has 0 aliphatic rings. The minimum Gasteiger partial charge on any atom is -0.444 e. The summed E-state index contributed by atoms with van der Waals surface area (Å²) in [6.45, 7) is 0. The molecule has 0 bridgehead atoms. The molecule has 2 rings (SSSR count). The number of nitrogens with zero attached hydrogens (tertiary/aromatic N) is 1. The molecule has 0 spiro atoms. The van der Waals surface area contributed by atoms with E-state index in [1.165, 1.54) is 6.39 Å². The smallest absolute Gasteiger partial charge is 0.316 e. The second kappa shape index (κ2) is 3.83. The monoisotopic (exact) mass is 203 g/mol. The maximum absolute atomic E-state index is 10.6. The molecule has 76 valence electrons. The Morgan fingerprint density at radius 3 is 3.00 bits per heavy atom. The van der Waals surface area contributed by atoms with Gasteiger partial charge in [-0.3, -0.25) is 0 Å². The number of oxazole rings is 1. The van der Waals surface area contributed by atoms with Gasteiger partial charge in [-0.2, -0.15) is 0 Å². The first-order valence-electron chi connectivity index (χ1n) is 4.31. The number of anilines is 1. The van der Waals surface area contributed by atoms with Gasteiger partial charge < -0.3 is 15.5 Å². The minimum absolute atomic E-state index is 0.593. The maximum atomic E-state index is 10.6. The molecule has 0 atom stereocenters. The molecule has 1 heterocycles. The molecule has 15 heavy (non-hydrogen) atoms. The number of carbonyl (C=O) groups excluding carboxylic acids is 1. The standard InChI is InChI=1S/C10H9N3O2/c11-10(14)13-8-3-1-2-7(4-8)9-5-12-6-15-9/h1-6H,(H3,11,13,14). The number of carbonyl (C=O) groups is 1. The quantitative estimate of drug-likeness (QED) is 0.781. The van der Waals surface area contributed by atoms with E-state index in [0.717, 1.165) is 5.56 Å². The van der Waals surface area contributed by atoms with Crippen molar-refractivity contribution >= 4 is 11.7 Å². The van der Waals surface area contributed by atoms with Gasteiger partial charge in [0.25, 0.3) is 0 Å². The molecule has 0 fully saturated rings. The first kappa shape index (κ1) is 9.26. The Bertz CT molecular complexity index is 465. The number of nitrogens with one attached hydrogen (secondary N) is 1. The molecule has 0 unspecified atom stereocenters. The van der Waals surface area contributed by atoms with Crippen molar-refractivity contribution in [3.63, 3.8) is 0 Å². The summed E-state index contributed by atoms with van der Waals surface area (Å²) in [6.07, 6.45) is 2.95. The molecule has 5 heteroatoms. The van der Waals surface area contributed by atoms with Crippen molar-refractivity contribution in [3.8, 4) is 11.3 Å². The topological polar surface area (TPSA) is 81.2 Å². The van der Waals surface area contributed by atoms with E-state index in [9.17, 15) is 4.79 Å². The average molecular weight is 203 g/mol. The van der Waals surface area contributed by atoms with Crippen molar-refractivity contribution < 1.29 is 9.21 Å². The molecular formula is C10H9N3O2. The Balaban J connectivity index is 2.31. The predicted octanol–water partition coefficient (Wildman–Crippen LogP) is 1.83. The van der Waals surface area contributed by atoms with Gasteiger partial charge in [-0.15, -0.1) is 0 Å². The molecule has 0 aliphatic heterocycles. The van der Waals surface area contributed by atoms with E-state index in [1.54, 1.807) is 24.4 Å². The number of benzene rings is 1. The van der Waals surface area contributed by atoms with Crippen LogP contribution in [-0.2, 0) is 0 Å². The second-order valence-corrected chi connectivity index (χ2v) is 2.94. The van der Waals surface area contributed by atoms with E-state index in [-0.39, 0.29) is 0 Å². The Morgan fingerprint density at radius 2 is 2.33 bits per heavy atom. The summed E-state index contributed by atoms with van der Waals surface area (Å²) < 4.78 is 5.12. The number of primary amides is 1. The third-order valence-corrected chi connectivity index (χ3v) is 1.85. The summed E-state index contributed by atoms with van der Waals surface area (Å²) in [5, 5.41) is 2.48. The van der Waals surface area contributed by atoms with Crippen LogP contribution in [0.15, 0.2) is 41.3 Å². The summed E-state index contributed by atoms with van der Waals surface area (Å²) >= 11 is 0. The van der Waals surface area contributed by atoms with Crippen LogP contribution >= 0.6 is 0 Å². The molecule has 0 radical (unpaired) electrons. The number of hydrogen-bond donors (Lipinski definition) is 2. The summed E-state index contributed by atoms with van der Waals surface area (Å²) in [6, 6.07) is 6.55. The molecule has 1 aromatic heterocycles. The SMILES string of the molecule is NC(=O)Nc1cccc(-c2cnco2)c1. The second-order valence-electron chi connectivity index (χ2n) is 2.94. The van der Waals surface area contributed by atoms with Crippen molar-refractivity contribution in [3.05, 3.63) is 36.9 Å². The van der Waals surface area contributed by atoms with Crippen LogP contribution in [0.25, 0.3) is 11.3 Å². The van der Waals surface area contributed by atoms with Crippen LogP contribution < -0.4 is 11.1 Å². The fourth-order valence-electron chi connectivity index (χ4n) is 1.25. The summed E-state index contributed by atoms with van der Waals surface area (Å²) in [7, 11) is 0. The van der Waals surface area contributed by atoms with Gasteiger partial charge in [0.05, 0.1) is 6.20 Å². The Hall–Kier alpha value is -2.30. The Labute approximate surface area is 85.9 Å². The van der Waals surface area contributed by atoms with Crippen molar-refractivity contribution in [2.45, 2.75) is 0 Å². The Kier molecular flexibility index (Phi) is 2.37. The number of nitrogens with two attached hydrogens (primary N) is 1. The fraction of sp³-hybridized carbons (Fsp3) is 0. The van der Waals surface area contributed by atoms with Crippen LogP contribution in [0.4, 0.5) is 10.5 Å². The molecule has 0 aliphatic carbocycles. The largest absolute Gasteiger partial charge is 0.444 e. The molecule has 0 saturated carbocycles. The predicted molar refractivity (Wildman–Crippen MR) is 55.1 cm³/mol. The molecule has 1 aromatic carbocycles. The van der Waals surface area contributed by atoms with Crippen molar-refractivity contribution in [1.82, 2.24) is 4.98 Å². The number of aromatic nitrogens is 1. The summed E-state index contributed by atoms with van der Waals surface area (Å²) in [5.74, 6) is 0.642. The molecular weight excluding hydrogens is 194 g/mol. The highest BCUT2D eigenvalue weighted by atomic mass is 16.3. The molecule has 3 N–H and O–H groups in total. The van der Waals surface area contributed by atoms with Crippen molar-refractivity contribution in [2.24, 2.45) is 5.73 Å². The average Bonchev–Trinajstić information content (AvgIpc) is 2.69. The van der Waals surface area contributed by atoms with Crippen LogP contribution in [-0.4, -0.2) is 11.0 Å². The van der Waals surface area contributed by atoms with E-state index < -0.39 is 6.03 Å². The highest BCUT2D eigenvalue weighted by molar-refractivity contribution is 5.88. The zero-order valence-corrected chi connectivity index (χ0v) is 7.81. The number of rotatable bonds is 2. The number of urea groups is 1. The first-order chi connectivity index (χ1) is 7.25. The normalized spacial score (nSPS) is 9.87. The zero-order valence-electron chi connectivity index (χ0n) is 7.81. The maximum Gasteiger partial charge on any atom is 0.316 e. The molecule has 5 nitrogen and oxygen atoms in total. The lowest BCUT2D eigenvalue weighted by atomic mass is 10.1.